The van der Waals surface area contributed by atoms with Gasteiger partial charge < -0.3 is 16.4 Å². The van der Waals surface area contributed by atoms with Crippen LogP contribution in [0.4, 0.5) is 0 Å². The third kappa shape index (κ3) is 4.18. The van der Waals surface area contributed by atoms with Gasteiger partial charge in [-0.1, -0.05) is 6.92 Å². The summed E-state index contributed by atoms with van der Waals surface area (Å²) >= 11 is 0. The molecule has 0 unspecified atom stereocenters. The van der Waals surface area contributed by atoms with E-state index in [0.29, 0.717) is 18.9 Å². The Morgan fingerprint density at radius 1 is 1.38 bits per heavy atom. The van der Waals surface area contributed by atoms with Crippen LogP contribution in [0.3, 0.4) is 0 Å². The van der Waals surface area contributed by atoms with Crippen molar-refractivity contribution in [1.29, 1.82) is 0 Å². The van der Waals surface area contributed by atoms with Crippen LogP contribution in [-0.2, 0) is 9.59 Å². The minimum atomic E-state index is -0.278. The molecular weight excluding hydrogens is 206 g/mol. The molecule has 1 heterocycles. The van der Waals surface area contributed by atoms with Crippen LogP contribution in [0.5, 0.6) is 0 Å². The average molecular weight is 227 g/mol. The molecule has 1 rings (SSSR count). The fourth-order valence-corrected chi connectivity index (χ4v) is 1.93. The van der Waals surface area contributed by atoms with E-state index in [4.69, 9.17) is 5.73 Å². The zero-order chi connectivity index (χ0) is 12.0. The van der Waals surface area contributed by atoms with E-state index < -0.39 is 0 Å². The number of primary amides is 1. The van der Waals surface area contributed by atoms with Crippen molar-refractivity contribution in [3.8, 4) is 0 Å². The van der Waals surface area contributed by atoms with Crippen LogP contribution in [0.15, 0.2) is 0 Å². The molecule has 0 spiro atoms. The molecule has 0 saturated carbocycles. The highest BCUT2D eigenvalue weighted by Crippen LogP contribution is 2.15. The molecule has 0 radical (unpaired) electrons. The van der Waals surface area contributed by atoms with Gasteiger partial charge in [-0.25, -0.2) is 0 Å². The van der Waals surface area contributed by atoms with Crippen LogP contribution in [0.1, 0.15) is 26.2 Å². The van der Waals surface area contributed by atoms with E-state index in [9.17, 15) is 9.59 Å². The Morgan fingerprint density at radius 2 is 2.12 bits per heavy atom. The van der Waals surface area contributed by atoms with Crippen molar-refractivity contribution in [2.45, 2.75) is 26.2 Å². The quantitative estimate of drug-likeness (QED) is 0.540. The van der Waals surface area contributed by atoms with Crippen LogP contribution in [-0.4, -0.2) is 31.4 Å². The second-order valence-corrected chi connectivity index (χ2v) is 4.46. The monoisotopic (exact) mass is 227 g/mol. The smallest absolute Gasteiger partial charge is 0.224 e. The Kier molecular flexibility index (Phi) is 5.25. The van der Waals surface area contributed by atoms with Crippen LogP contribution in [0.25, 0.3) is 0 Å². The molecule has 16 heavy (non-hydrogen) atoms. The van der Waals surface area contributed by atoms with E-state index in [1.165, 1.54) is 0 Å². The molecule has 1 aliphatic rings. The molecule has 0 aromatic heterocycles. The highest BCUT2D eigenvalue weighted by molar-refractivity contribution is 5.79. The van der Waals surface area contributed by atoms with Gasteiger partial charge in [0.1, 0.15) is 0 Å². The van der Waals surface area contributed by atoms with Crippen LogP contribution in [0.2, 0.25) is 0 Å². The maximum Gasteiger partial charge on any atom is 0.224 e. The minimum absolute atomic E-state index is 0.0936. The molecule has 0 aromatic rings. The second kappa shape index (κ2) is 6.48. The summed E-state index contributed by atoms with van der Waals surface area (Å²) in [6, 6.07) is 0. The number of nitrogens with two attached hydrogens (primary N) is 1. The molecule has 0 aromatic carbocycles. The summed E-state index contributed by atoms with van der Waals surface area (Å²) in [6.45, 7) is 4.40. The van der Waals surface area contributed by atoms with Gasteiger partial charge in [0.2, 0.25) is 11.8 Å². The molecule has 5 nitrogen and oxygen atoms in total. The van der Waals surface area contributed by atoms with Crippen molar-refractivity contribution < 1.29 is 9.59 Å². The van der Waals surface area contributed by atoms with Gasteiger partial charge in [-0.15, -0.1) is 0 Å². The first-order valence-electron chi connectivity index (χ1n) is 5.88. The molecule has 5 heteroatoms. The Hall–Kier alpha value is -1.10. The van der Waals surface area contributed by atoms with Gasteiger partial charge in [-0.3, -0.25) is 9.59 Å². The van der Waals surface area contributed by atoms with E-state index in [2.05, 4.69) is 17.6 Å². The summed E-state index contributed by atoms with van der Waals surface area (Å²) in [7, 11) is 0. The first-order chi connectivity index (χ1) is 7.61. The molecule has 2 amide bonds. The zero-order valence-electron chi connectivity index (χ0n) is 9.79. The van der Waals surface area contributed by atoms with E-state index in [-0.39, 0.29) is 17.7 Å². The normalized spacial score (nSPS) is 24.3. The summed E-state index contributed by atoms with van der Waals surface area (Å²) in [5.74, 6) is 0.346. The lowest BCUT2D eigenvalue weighted by atomic mass is 9.97. The molecule has 1 fully saturated rings. The molecule has 0 aliphatic carbocycles. The van der Waals surface area contributed by atoms with Crippen LogP contribution in [0, 0.1) is 11.8 Å². The Balaban J connectivity index is 2.08. The highest BCUT2D eigenvalue weighted by Gasteiger charge is 2.28. The van der Waals surface area contributed by atoms with Crippen molar-refractivity contribution in [2.75, 3.05) is 19.6 Å². The van der Waals surface area contributed by atoms with Crippen LogP contribution < -0.4 is 16.4 Å². The maximum absolute atomic E-state index is 11.7. The third-order valence-electron chi connectivity index (χ3n) is 3.00. The van der Waals surface area contributed by atoms with E-state index >= 15 is 0 Å². The zero-order valence-corrected chi connectivity index (χ0v) is 9.79. The van der Waals surface area contributed by atoms with Crippen LogP contribution >= 0.6 is 0 Å². The molecule has 0 bridgehead atoms. The standard InChI is InChI=1S/C11H21N3O2/c1-8-6-13-7-9(8)11(16)14-5-3-2-4-10(12)15/h8-9,13H,2-7H2,1H3,(H2,12,15)(H,14,16)/t8-,9-/m1/s1. The first-order valence-corrected chi connectivity index (χ1v) is 5.88. The molecule has 1 aliphatic heterocycles. The molecular formula is C11H21N3O2. The number of hydrogen-bond acceptors (Lipinski definition) is 3. The number of hydrogen-bond donors (Lipinski definition) is 3. The summed E-state index contributed by atoms with van der Waals surface area (Å²) < 4.78 is 0. The summed E-state index contributed by atoms with van der Waals surface area (Å²) in [5.41, 5.74) is 5.02. The molecule has 92 valence electrons. The maximum atomic E-state index is 11.7. The first kappa shape index (κ1) is 13.0. The SMILES string of the molecule is C[C@@H]1CNC[C@H]1C(=O)NCCCCC(N)=O. The topological polar surface area (TPSA) is 84.2 Å². The molecule has 4 N–H and O–H groups in total. The van der Waals surface area contributed by atoms with Crippen molar-refractivity contribution in [1.82, 2.24) is 10.6 Å². The lowest BCUT2D eigenvalue weighted by Crippen LogP contribution is -2.34. The van der Waals surface area contributed by atoms with Gasteiger partial charge in [0.05, 0.1) is 5.92 Å². The predicted molar refractivity (Wildman–Crippen MR) is 61.6 cm³/mol. The van der Waals surface area contributed by atoms with E-state index in [1.807, 2.05) is 0 Å². The lowest BCUT2D eigenvalue weighted by molar-refractivity contribution is -0.125. The van der Waals surface area contributed by atoms with Gasteiger partial charge in [-0.2, -0.15) is 0 Å². The van der Waals surface area contributed by atoms with Gasteiger partial charge in [-0.05, 0) is 25.3 Å². The molecule has 2 atom stereocenters. The minimum Gasteiger partial charge on any atom is -0.370 e. The lowest BCUT2D eigenvalue weighted by Gasteiger charge is -2.13. The largest absolute Gasteiger partial charge is 0.370 e. The van der Waals surface area contributed by atoms with Gasteiger partial charge >= 0.3 is 0 Å². The molecule has 1 saturated heterocycles. The summed E-state index contributed by atoms with van der Waals surface area (Å²) in [5, 5.41) is 6.10. The van der Waals surface area contributed by atoms with E-state index in [1.54, 1.807) is 0 Å². The Morgan fingerprint density at radius 3 is 2.69 bits per heavy atom. The number of amides is 2. The number of nitrogens with one attached hydrogen (secondary N) is 2. The highest BCUT2D eigenvalue weighted by atomic mass is 16.2. The predicted octanol–water partition coefficient (Wildman–Crippen LogP) is -0.386. The van der Waals surface area contributed by atoms with E-state index in [0.717, 1.165) is 25.9 Å². The van der Waals surface area contributed by atoms with Crippen molar-refractivity contribution in [3.05, 3.63) is 0 Å². The summed E-state index contributed by atoms with van der Waals surface area (Å²) in [4.78, 5) is 22.2. The third-order valence-corrected chi connectivity index (χ3v) is 3.00. The Labute approximate surface area is 96.1 Å². The van der Waals surface area contributed by atoms with Gasteiger partial charge in [0, 0.05) is 19.5 Å². The van der Waals surface area contributed by atoms with Gasteiger partial charge in [0.15, 0.2) is 0 Å². The van der Waals surface area contributed by atoms with Gasteiger partial charge in [0.25, 0.3) is 0 Å². The number of rotatable bonds is 6. The number of unbranched alkanes of at least 4 members (excludes halogenated alkanes) is 1. The number of carbonyl (C=O) groups is 2. The second-order valence-electron chi connectivity index (χ2n) is 4.46. The van der Waals surface area contributed by atoms with Crippen molar-refractivity contribution in [3.63, 3.8) is 0 Å². The van der Waals surface area contributed by atoms with Crippen molar-refractivity contribution in [2.24, 2.45) is 17.6 Å². The fourth-order valence-electron chi connectivity index (χ4n) is 1.93. The fraction of sp³-hybridized carbons (Fsp3) is 0.818. The van der Waals surface area contributed by atoms with Crippen molar-refractivity contribution >= 4 is 11.8 Å². The summed E-state index contributed by atoms with van der Waals surface area (Å²) in [6.07, 6.45) is 1.95. The Bertz CT molecular complexity index is 256. The number of carbonyl (C=O) groups excluding carboxylic acids is 2. The average Bonchev–Trinajstić information content (AvgIpc) is 2.63.